The highest BCUT2D eigenvalue weighted by atomic mass is 16.5. The zero-order valence-corrected chi connectivity index (χ0v) is 14.6. The molecule has 2 rings (SSSR count). The largest absolute Gasteiger partial charge is 0.497 e. The van der Waals surface area contributed by atoms with Gasteiger partial charge >= 0.3 is 11.6 Å². The molecule has 25 heavy (non-hydrogen) atoms. The lowest BCUT2D eigenvalue weighted by molar-refractivity contribution is -0.145. The zero-order valence-electron chi connectivity index (χ0n) is 14.6. The monoisotopic (exact) mass is 347 g/mol. The van der Waals surface area contributed by atoms with Crippen LogP contribution in [-0.4, -0.2) is 32.1 Å². The van der Waals surface area contributed by atoms with E-state index in [1.807, 2.05) is 0 Å². The molecular weight excluding hydrogens is 326 g/mol. The Bertz CT molecular complexity index is 839. The average molecular weight is 347 g/mol. The molecule has 0 aliphatic carbocycles. The van der Waals surface area contributed by atoms with E-state index in [9.17, 15) is 14.4 Å². The number of ether oxygens (including phenoxy) is 2. The lowest BCUT2D eigenvalue weighted by Gasteiger charge is -2.18. The summed E-state index contributed by atoms with van der Waals surface area (Å²) in [6, 6.07) is 5.48. The highest BCUT2D eigenvalue weighted by Gasteiger charge is 2.24. The van der Waals surface area contributed by atoms with Gasteiger partial charge < -0.3 is 19.2 Å². The molecule has 0 saturated heterocycles. The normalized spacial score (nSPS) is 12.0. The maximum atomic E-state index is 12.0. The second kappa shape index (κ2) is 7.83. The standard InChI is InChI=1S/C18H21NO6/c1-10(2)17(21)19-14(18(22)24-4)7-11-8-16(20)25-15-9-12(23-3)5-6-13(11)15/h5-6,8-10,14H,7H2,1-4H3,(H,19,21)/t14-/m1/s1. The Kier molecular flexibility index (Phi) is 5.80. The van der Waals surface area contributed by atoms with Gasteiger partial charge in [0.15, 0.2) is 0 Å². The molecule has 1 aromatic heterocycles. The fourth-order valence-electron chi connectivity index (χ4n) is 2.40. The smallest absolute Gasteiger partial charge is 0.336 e. The van der Waals surface area contributed by atoms with E-state index in [0.717, 1.165) is 0 Å². The SMILES string of the molecule is COC(=O)[C@@H](Cc1cc(=O)oc2cc(OC)ccc12)NC(=O)C(C)C. The van der Waals surface area contributed by atoms with Crippen LogP contribution in [0.3, 0.4) is 0 Å². The molecule has 0 radical (unpaired) electrons. The lowest BCUT2D eigenvalue weighted by atomic mass is 10.0. The summed E-state index contributed by atoms with van der Waals surface area (Å²) in [5.41, 5.74) is 0.378. The summed E-state index contributed by atoms with van der Waals surface area (Å²) in [6.45, 7) is 3.45. The van der Waals surface area contributed by atoms with Gasteiger partial charge in [0.2, 0.25) is 5.91 Å². The summed E-state index contributed by atoms with van der Waals surface area (Å²) in [6.07, 6.45) is 0.111. The predicted octanol–water partition coefficient (Wildman–Crippen LogP) is 1.66. The van der Waals surface area contributed by atoms with E-state index in [1.54, 1.807) is 32.0 Å². The molecule has 0 bridgehead atoms. The number of rotatable bonds is 6. The van der Waals surface area contributed by atoms with Crippen LogP contribution in [0.15, 0.2) is 33.5 Å². The third-order valence-corrected chi connectivity index (χ3v) is 3.79. The molecule has 0 aliphatic rings. The van der Waals surface area contributed by atoms with Crippen molar-refractivity contribution < 1.29 is 23.5 Å². The minimum absolute atomic E-state index is 0.111. The number of methoxy groups -OCH3 is 2. The van der Waals surface area contributed by atoms with Crippen molar-refractivity contribution in [2.24, 2.45) is 5.92 Å². The molecule has 1 N–H and O–H groups in total. The number of carbonyl (C=O) groups is 2. The number of amides is 1. The summed E-state index contributed by atoms with van der Waals surface area (Å²) >= 11 is 0. The van der Waals surface area contributed by atoms with Crippen LogP contribution in [0.5, 0.6) is 5.75 Å². The molecular formula is C18H21NO6. The van der Waals surface area contributed by atoms with Crippen molar-refractivity contribution >= 4 is 22.8 Å². The molecule has 134 valence electrons. The Balaban J connectivity index is 2.42. The van der Waals surface area contributed by atoms with Gasteiger partial charge in [0.25, 0.3) is 0 Å². The van der Waals surface area contributed by atoms with Crippen LogP contribution in [0, 0.1) is 5.92 Å². The summed E-state index contributed by atoms with van der Waals surface area (Å²) < 4.78 is 15.1. The second-order valence-electron chi connectivity index (χ2n) is 5.90. The van der Waals surface area contributed by atoms with Gasteiger partial charge in [-0.2, -0.15) is 0 Å². The van der Waals surface area contributed by atoms with Crippen LogP contribution >= 0.6 is 0 Å². The van der Waals surface area contributed by atoms with Gasteiger partial charge in [0.05, 0.1) is 14.2 Å². The molecule has 0 spiro atoms. The molecule has 1 heterocycles. The van der Waals surface area contributed by atoms with E-state index in [-0.39, 0.29) is 18.2 Å². The number of benzene rings is 1. The summed E-state index contributed by atoms with van der Waals surface area (Å²) in [5.74, 6) is -0.590. The average Bonchev–Trinajstić information content (AvgIpc) is 2.59. The fourth-order valence-corrected chi connectivity index (χ4v) is 2.40. The fraction of sp³-hybridized carbons (Fsp3) is 0.389. The molecule has 1 aromatic carbocycles. The number of esters is 1. The maximum Gasteiger partial charge on any atom is 0.336 e. The quantitative estimate of drug-likeness (QED) is 0.631. The third kappa shape index (κ3) is 4.37. The second-order valence-corrected chi connectivity index (χ2v) is 5.90. The van der Waals surface area contributed by atoms with Crippen LogP contribution in [0.4, 0.5) is 0 Å². The molecule has 0 unspecified atom stereocenters. The van der Waals surface area contributed by atoms with Crippen LogP contribution in [-0.2, 0) is 20.7 Å². The zero-order chi connectivity index (χ0) is 18.6. The molecule has 7 heteroatoms. The first-order valence-corrected chi connectivity index (χ1v) is 7.84. The number of hydrogen-bond donors (Lipinski definition) is 1. The van der Waals surface area contributed by atoms with E-state index < -0.39 is 17.6 Å². The first-order chi connectivity index (χ1) is 11.8. The Morgan fingerprint density at radius 3 is 2.52 bits per heavy atom. The van der Waals surface area contributed by atoms with Crippen molar-refractivity contribution in [1.82, 2.24) is 5.32 Å². The Hall–Kier alpha value is -2.83. The first kappa shape index (κ1) is 18.5. The molecule has 1 amide bonds. The van der Waals surface area contributed by atoms with Gasteiger partial charge in [0, 0.05) is 29.9 Å². The van der Waals surface area contributed by atoms with Crippen molar-refractivity contribution in [3.05, 3.63) is 40.2 Å². The van der Waals surface area contributed by atoms with E-state index in [0.29, 0.717) is 22.3 Å². The summed E-state index contributed by atoms with van der Waals surface area (Å²) in [5, 5.41) is 3.31. The third-order valence-electron chi connectivity index (χ3n) is 3.79. The minimum atomic E-state index is -0.896. The molecule has 0 saturated carbocycles. The van der Waals surface area contributed by atoms with Crippen molar-refractivity contribution in [2.45, 2.75) is 26.3 Å². The first-order valence-electron chi connectivity index (χ1n) is 7.84. The highest BCUT2D eigenvalue weighted by Crippen LogP contribution is 2.23. The molecule has 2 aromatic rings. The van der Waals surface area contributed by atoms with E-state index in [4.69, 9.17) is 13.9 Å². The molecule has 0 aliphatic heterocycles. The van der Waals surface area contributed by atoms with Gasteiger partial charge in [-0.15, -0.1) is 0 Å². The van der Waals surface area contributed by atoms with Gasteiger partial charge in [0.1, 0.15) is 17.4 Å². The minimum Gasteiger partial charge on any atom is -0.497 e. The Morgan fingerprint density at radius 2 is 1.92 bits per heavy atom. The van der Waals surface area contributed by atoms with Crippen LogP contribution in [0.2, 0.25) is 0 Å². The van der Waals surface area contributed by atoms with Crippen molar-refractivity contribution in [1.29, 1.82) is 0 Å². The summed E-state index contributed by atoms with van der Waals surface area (Å²) in [7, 11) is 2.76. The van der Waals surface area contributed by atoms with Crippen LogP contribution < -0.4 is 15.7 Å². The van der Waals surface area contributed by atoms with Gasteiger partial charge in [-0.3, -0.25) is 4.79 Å². The van der Waals surface area contributed by atoms with Crippen molar-refractivity contribution in [2.75, 3.05) is 14.2 Å². The van der Waals surface area contributed by atoms with E-state index in [1.165, 1.54) is 20.3 Å². The lowest BCUT2D eigenvalue weighted by Crippen LogP contribution is -2.44. The molecule has 7 nitrogen and oxygen atoms in total. The topological polar surface area (TPSA) is 94.8 Å². The van der Waals surface area contributed by atoms with Gasteiger partial charge in [-0.05, 0) is 17.7 Å². The highest BCUT2D eigenvalue weighted by molar-refractivity contribution is 5.87. The maximum absolute atomic E-state index is 12.0. The van der Waals surface area contributed by atoms with Gasteiger partial charge in [-0.25, -0.2) is 9.59 Å². The predicted molar refractivity (Wildman–Crippen MR) is 91.5 cm³/mol. The van der Waals surface area contributed by atoms with E-state index >= 15 is 0 Å². The van der Waals surface area contributed by atoms with Crippen molar-refractivity contribution in [3.8, 4) is 5.75 Å². The van der Waals surface area contributed by atoms with Crippen LogP contribution in [0.25, 0.3) is 11.0 Å². The Morgan fingerprint density at radius 1 is 1.20 bits per heavy atom. The number of hydrogen-bond acceptors (Lipinski definition) is 6. The Labute approximate surface area is 144 Å². The van der Waals surface area contributed by atoms with Crippen LogP contribution in [0.1, 0.15) is 19.4 Å². The molecule has 1 atom stereocenters. The van der Waals surface area contributed by atoms with Gasteiger partial charge in [-0.1, -0.05) is 13.8 Å². The number of carbonyl (C=O) groups excluding carboxylic acids is 2. The number of fused-ring (bicyclic) bond motifs is 1. The van der Waals surface area contributed by atoms with Crippen molar-refractivity contribution in [3.63, 3.8) is 0 Å². The number of nitrogens with one attached hydrogen (secondary N) is 1. The van der Waals surface area contributed by atoms with E-state index in [2.05, 4.69) is 5.32 Å². The molecule has 0 fully saturated rings. The summed E-state index contributed by atoms with van der Waals surface area (Å²) in [4.78, 5) is 35.8.